The molecule has 3 fully saturated rings. The van der Waals surface area contributed by atoms with Gasteiger partial charge in [-0.1, -0.05) is 11.3 Å². The van der Waals surface area contributed by atoms with Crippen LogP contribution < -0.4 is 4.90 Å². The lowest BCUT2D eigenvalue weighted by Crippen LogP contribution is -2.37. The molecule has 0 spiro atoms. The molecule has 0 unspecified atom stereocenters. The zero-order valence-corrected chi connectivity index (χ0v) is 11.4. The summed E-state index contributed by atoms with van der Waals surface area (Å²) in [5, 5.41) is 10.6. The number of rotatable bonds is 2. The molecule has 0 amide bonds. The first kappa shape index (κ1) is 11.4. The number of piperidine rings is 1. The van der Waals surface area contributed by atoms with Gasteiger partial charge in [0.25, 0.3) is 0 Å². The first-order valence-corrected chi connectivity index (χ1v) is 7.54. The minimum Gasteiger partial charge on any atom is -0.343 e. The molecule has 7 heteroatoms. The van der Waals surface area contributed by atoms with Crippen LogP contribution in [0.3, 0.4) is 0 Å². The van der Waals surface area contributed by atoms with E-state index in [-0.39, 0.29) is 0 Å². The van der Waals surface area contributed by atoms with Crippen molar-refractivity contribution in [2.75, 3.05) is 31.1 Å². The fourth-order valence-corrected chi connectivity index (χ4v) is 3.85. The summed E-state index contributed by atoms with van der Waals surface area (Å²) in [6.45, 7) is 4.67. The van der Waals surface area contributed by atoms with Crippen LogP contribution in [-0.2, 0) is 0 Å². The molecule has 5 heterocycles. The van der Waals surface area contributed by atoms with Crippen LogP contribution in [-0.4, -0.2) is 57.3 Å². The van der Waals surface area contributed by atoms with Crippen molar-refractivity contribution in [2.24, 2.45) is 0 Å². The molecule has 100 valence electrons. The van der Waals surface area contributed by atoms with Gasteiger partial charge in [-0.2, -0.15) is 0 Å². The summed E-state index contributed by atoms with van der Waals surface area (Å²) in [7, 11) is 0. The van der Waals surface area contributed by atoms with Crippen LogP contribution in [0.1, 0.15) is 12.8 Å². The van der Waals surface area contributed by atoms with Gasteiger partial charge in [0.1, 0.15) is 0 Å². The molecule has 0 saturated carbocycles. The Labute approximate surface area is 115 Å². The summed E-state index contributed by atoms with van der Waals surface area (Å²) in [5.74, 6) is 0.812. The van der Waals surface area contributed by atoms with Gasteiger partial charge in [0.15, 0.2) is 10.8 Å². The van der Waals surface area contributed by atoms with Gasteiger partial charge in [-0.15, -0.1) is 10.2 Å². The number of imidazole rings is 1. The minimum atomic E-state index is 0.635. The molecule has 1 N–H and O–H groups in total. The first-order chi connectivity index (χ1) is 9.40. The van der Waals surface area contributed by atoms with E-state index in [1.165, 1.54) is 25.9 Å². The van der Waals surface area contributed by atoms with Crippen molar-refractivity contribution >= 4 is 16.5 Å². The van der Waals surface area contributed by atoms with Gasteiger partial charge in [-0.05, 0) is 12.8 Å². The molecule has 19 heavy (non-hydrogen) atoms. The second-order valence-corrected chi connectivity index (χ2v) is 6.05. The average molecular weight is 276 g/mol. The predicted molar refractivity (Wildman–Crippen MR) is 74.3 cm³/mol. The lowest BCUT2D eigenvalue weighted by atomic mass is 10.1. The van der Waals surface area contributed by atoms with Crippen molar-refractivity contribution in [1.29, 1.82) is 0 Å². The molecular weight excluding hydrogens is 260 g/mol. The molecule has 0 radical (unpaired) electrons. The van der Waals surface area contributed by atoms with Gasteiger partial charge in [0, 0.05) is 44.6 Å². The van der Waals surface area contributed by atoms with E-state index in [9.17, 15) is 0 Å². The van der Waals surface area contributed by atoms with Gasteiger partial charge in [0.2, 0.25) is 5.13 Å². The van der Waals surface area contributed by atoms with Crippen LogP contribution in [0.4, 0.5) is 5.13 Å². The lowest BCUT2D eigenvalue weighted by molar-refractivity contribution is 0.250. The molecule has 2 aromatic rings. The van der Waals surface area contributed by atoms with E-state index in [1.54, 1.807) is 17.5 Å². The van der Waals surface area contributed by atoms with E-state index in [0.717, 1.165) is 29.1 Å². The van der Waals surface area contributed by atoms with Crippen molar-refractivity contribution in [3.05, 3.63) is 12.4 Å². The number of nitrogens with one attached hydrogen (secondary N) is 1. The normalized spacial score (nSPS) is 26.6. The molecule has 3 saturated heterocycles. The SMILES string of the molecule is c1c[nH]c(-c2nnc(N3CCN4CCC3CC4)s2)n1. The van der Waals surface area contributed by atoms with Crippen molar-refractivity contribution in [3.8, 4) is 10.8 Å². The summed E-state index contributed by atoms with van der Waals surface area (Å²) < 4.78 is 0. The van der Waals surface area contributed by atoms with Crippen LogP contribution in [0.5, 0.6) is 0 Å². The third kappa shape index (κ3) is 2.02. The van der Waals surface area contributed by atoms with Crippen LogP contribution >= 0.6 is 11.3 Å². The van der Waals surface area contributed by atoms with E-state index in [1.807, 2.05) is 6.20 Å². The highest BCUT2D eigenvalue weighted by molar-refractivity contribution is 7.18. The maximum atomic E-state index is 4.37. The molecule has 6 nitrogen and oxygen atoms in total. The predicted octanol–water partition coefficient (Wildman–Crippen LogP) is 1.21. The number of anilines is 1. The molecule has 0 atom stereocenters. The van der Waals surface area contributed by atoms with Gasteiger partial charge < -0.3 is 14.8 Å². The minimum absolute atomic E-state index is 0.635. The molecule has 5 rings (SSSR count). The summed E-state index contributed by atoms with van der Waals surface area (Å²) in [6, 6.07) is 0.635. The topological polar surface area (TPSA) is 60.9 Å². The van der Waals surface area contributed by atoms with Crippen molar-refractivity contribution in [3.63, 3.8) is 0 Å². The Morgan fingerprint density at radius 2 is 2.05 bits per heavy atom. The van der Waals surface area contributed by atoms with Crippen molar-refractivity contribution < 1.29 is 0 Å². The summed E-state index contributed by atoms with van der Waals surface area (Å²) in [6.07, 6.45) is 6.06. The highest BCUT2D eigenvalue weighted by atomic mass is 32.1. The fourth-order valence-electron chi connectivity index (χ4n) is 2.95. The van der Waals surface area contributed by atoms with Gasteiger partial charge in [-0.3, -0.25) is 0 Å². The maximum absolute atomic E-state index is 4.37. The smallest absolute Gasteiger partial charge is 0.209 e. The Kier molecular flexibility index (Phi) is 2.73. The zero-order valence-electron chi connectivity index (χ0n) is 10.6. The Hall–Kier alpha value is -1.47. The number of nitrogens with zero attached hydrogens (tertiary/aromatic N) is 5. The number of fused-ring (bicyclic) bond motifs is 4. The molecule has 3 aliphatic rings. The van der Waals surface area contributed by atoms with Crippen LogP contribution in [0.25, 0.3) is 10.8 Å². The molecule has 3 aliphatic heterocycles. The average Bonchev–Trinajstić information content (AvgIpc) is 3.05. The summed E-state index contributed by atoms with van der Waals surface area (Å²) in [4.78, 5) is 12.3. The van der Waals surface area contributed by atoms with Gasteiger partial charge in [0.05, 0.1) is 0 Å². The highest BCUT2D eigenvalue weighted by Crippen LogP contribution is 2.31. The summed E-state index contributed by atoms with van der Waals surface area (Å²) >= 11 is 1.64. The Morgan fingerprint density at radius 1 is 1.16 bits per heavy atom. The number of aromatic nitrogens is 4. The van der Waals surface area contributed by atoms with Crippen molar-refractivity contribution in [1.82, 2.24) is 25.1 Å². The monoisotopic (exact) mass is 276 g/mol. The second kappa shape index (κ2) is 4.57. The quantitative estimate of drug-likeness (QED) is 0.893. The Bertz CT molecular complexity index is 542. The van der Waals surface area contributed by atoms with Crippen LogP contribution in [0, 0.1) is 0 Å². The highest BCUT2D eigenvalue weighted by Gasteiger charge is 2.31. The lowest BCUT2D eigenvalue weighted by Gasteiger charge is -2.30. The Balaban J connectivity index is 1.62. The summed E-state index contributed by atoms with van der Waals surface area (Å²) in [5.41, 5.74) is 0. The third-order valence-corrected chi connectivity index (χ3v) is 4.98. The first-order valence-electron chi connectivity index (χ1n) is 6.72. The number of aromatic amines is 1. The van der Waals surface area contributed by atoms with E-state index >= 15 is 0 Å². The molecule has 2 aromatic heterocycles. The fraction of sp³-hybridized carbons (Fsp3) is 0.583. The third-order valence-electron chi connectivity index (χ3n) is 4.02. The van der Waals surface area contributed by atoms with E-state index in [4.69, 9.17) is 0 Å². The van der Waals surface area contributed by atoms with E-state index in [2.05, 4.69) is 30.0 Å². The number of H-pyrrole nitrogens is 1. The molecule has 2 bridgehead atoms. The Morgan fingerprint density at radius 3 is 2.84 bits per heavy atom. The van der Waals surface area contributed by atoms with E-state index < -0.39 is 0 Å². The standard InChI is InChI=1S/C12H16N6S/c1-5-17-6-2-9(1)18(8-7-17)12-16-15-11(19-12)10-13-3-4-14-10/h3-4,9H,1-2,5-8H2,(H,13,14). The molecule has 0 aliphatic carbocycles. The van der Waals surface area contributed by atoms with Crippen LogP contribution in [0.2, 0.25) is 0 Å². The van der Waals surface area contributed by atoms with E-state index in [0.29, 0.717) is 6.04 Å². The molecular formula is C12H16N6S. The number of hydrogen-bond donors (Lipinski definition) is 1. The second-order valence-electron chi connectivity index (χ2n) is 5.09. The maximum Gasteiger partial charge on any atom is 0.209 e. The van der Waals surface area contributed by atoms with Gasteiger partial charge >= 0.3 is 0 Å². The van der Waals surface area contributed by atoms with Gasteiger partial charge in [-0.25, -0.2) is 4.98 Å². The van der Waals surface area contributed by atoms with Crippen molar-refractivity contribution in [2.45, 2.75) is 18.9 Å². The largest absolute Gasteiger partial charge is 0.343 e. The number of hydrogen-bond acceptors (Lipinski definition) is 6. The van der Waals surface area contributed by atoms with Crippen LogP contribution in [0.15, 0.2) is 12.4 Å². The zero-order chi connectivity index (χ0) is 12.7. The molecule has 0 aromatic carbocycles.